The van der Waals surface area contributed by atoms with Gasteiger partial charge in [0.2, 0.25) is 0 Å². The van der Waals surface area contributed by atoms with E-state index in [4.69, 9.17) is 14.3 Å². The number of rotatable bonds is 20. The molecule has 3 atom stereocenters. The first kappa shape index (κ1) is 29.0. The highest BCUT2D eigenvalue weighted by atomic mass is 32.2. The lowest BCUT2D eigenvalue weighted by molar-refractivity contribution is -0.102. The van der Waals surface area contributed by atoms with Crippen molar-refractivity contribution < 1.29 is 36.0 Å². The van der Waals surface area contributed by atoms with Gasteiger partial charge < -0.3 is 18.9 Å². The van der Waals surface area contributed by atoms with Crippen molar-refractivity contribution >= 4 is 22.7 Å². The van der Waals surface area contributed by atoms with Crippen molar-refractivity contribution in [3.63, 3.8) is 0 Å². The first-order valence-electron chi connectivity index (χ1n) is 11.5. The molecule has 0 aliphatic heterocycles. The average molecular weight is 495 g/mol. The van der Waals surface area contributed by atoms with Gasteiger partial charge in [-0.25, -0.2) is 4.21 Å². The van der Waals surface area contributed by atoms with Crippen LogP contribution in [0.5, 0.6) is 11.5 Å². The van der Waals surface area contributed by atoms with E-state index >= 15 is 0 Å². The predicted octanol–water partition coefficient (Wildman–Crippen LogP) is 5.28. The molecule has 0 amide bonds. The fourth-order valence-corrected chi connectivity index (χ4v) is 3.72. The Hall–Kier alpha value is -1.04. The molecule has 0 radical (unpaired) electrons. The molecule has 3 unspecified atom stereocenters. The average Bonchev–Trinajstić information content (AvgIpc) is 2.76. The molecular weight excluding hydrogens is 456 g/mol. The lowest BCUT2D eigenvalue weighted by atomic mass is 9.99. The van der Waals surface area contributed by atoms with Crippen molar-refractivity contribution in [2.75, 3.05) is 0 Å². The summed E-state index contributed by atoms with van der Waals surface area (Å²) in [7, 11) is 0. The van der Waals surface area contributed by atoms with Crippen LogP contribution in [0.4, 0.5) is 0 Å². The van der Waals surface area contributed by atoms with Gasteiger partial charge in [0.05, 0.1) is 0 Å². The van der Waals surface area contributed by atoms with E-state index in [2.05, 4.69) is 22.5 Å². The summed E-state index contributed by atoms with van der Waals surface area (Å²) in [5, 5.41) is 0. The molecule has 0 bridgehead atoms. The first-order chi connectivity index (χ1) is 15.4. The van der Waals surface area contributed by atoms with E-state index in [1.165, 1.54) is 70.3 Å². The Kier molecular flexibility index (Phi) is 16.7. The molecule has 0 aromatic heterocycles. The van der Waals surface area contributed by atoms with Crippen LogP contribution in [-0.4, -0.2) is 17.5 Å². The van der Waals surface area contributed by atoms with Gasteiger partial charge in [-0.3, -0.25) is 0 Å². The molecule has 0 saturated carbocycles. The van der Waals surface area contributed by atoms with Crippen LogP contribution in [0.1, 0.15) is 96.5 Å². The molecule has 1 rings (SSSR count). The summed E-state index contributed by atoms with van der Waals surface area (Å²) >= 11 is -5.18. The van der Waals surface area contributed by atoms with Crippen LogP contribution in [0.25, 0.3) is 0 Å². The van der Waals surface area contributed by atoms with E-state index in [9.17, 15) is 13.0 Å². The molecule has 2 N–H and O–H groups in total. The molecule has 0 heterocycles. The monoisotopic (exact) mass is 494 g/mol. The van der Waals surface area contributed by atoms with Gasteiger partial charge in [0.25, 0.3) is 0 Å². The molecule has 0 saturated heterocycles. The van der Waals surface area contributed by atoms with Crippen molar-refractivity contribution in [1.29, 1.82) is 0 Å². The minimum absolute atomic E-state index is 0.102. The largest absolute Gasteiger partial charge is 0.747 e. The van der Waals surface area contributed by atoms with E-state index in [0.717, 1.165) is 30.7 Å². The molecule has 0 aliphatic carbocycles. The second kappa shape index (κ2) is 18.4. The summed E-state index contributed by atoms with van der Waals surface area (Å²) in [6.45, 7) is 4.60. The normalized spacial score (nSPS) is 14.1. The Morgan fingerprint density at radius 3 is 1.84 bits per heavy atom. The van der Waals surface area contributed by atoms with Gasteiger partial charge in [-0.1, -0.05) is 88.8 Å². The molecule has 186 valence electrons. The number of hydrogen-bond acceptors (Lipinski definition) is 7. The third-order valence-electron chi connectivity index (χ3n) is 5.43. The Labute approximate surface area is 197 Å². The molecule has 8 nitrogen and oxygen atoms in total. The van der Waals surface area contributed by atoms with Crippen LogP contribution >= 0.6 is 0 Å². The van der Waals surface area contributed by atoms with Crippen LogP contribution in [0.15, 0.2) is 18.2 Å². The summed E-state index contributed by atoms with van der Waals surface area (Å²) in [5.74, 6) is 1.11. The third kappa shape index (κ3) is 15.7. The number of hydrogen-bond donors (Lipinski definition) is 0. The predicted molar refractivity (Wildman–Crippen MR) is 124 cm³/mol. The Morgan fingerprint density at radius 2 is 1.34 bits per heavy atom. The highest BCUT2D eigenvalue weighted by molar-refractivity contribution is 7.74. The minimum atomic E-state index is -2.83. The maximum Gasteiger partial charge on any atom is 0.505 e. The van der Waals surface area contributed by atoms with Crippen molar-refractivity contribution in [1.82, 2.24) is 0 Å². The highest BCUT2D eigenvalue weighted by Crippen LogP contribution is 2.25. The summed E-state index contributed by atoms with van der Waals surface area (Å²) < 4.78 is 47.0. The topological polar surface area (TPSA) is 117 Å². The molecule has 10 heteroatoms. The van der Waals surface area contributed by atoms with Gasteiger partial charge in [-0.15, -0.1) is 4.21 Å². The lowest BCUT2D eigenvalue weighted by Gasteiger charge is -2.10. The number of benzene rings is 1. The second-order valence-electron chi connectivity index (χ2n) is 8.14. The van der Waals surface area contributed by atoms with E-state index in [1.54, 1.807) is 12.1 Å². The van der Waals surface area contributed by atoms with Crippen molar-refractivity contribution in [2.24, 2.45) is 5.92 Å². The molecular formula is C22H38O8S2. The zero-order valence-corrected chi connectivity index (χ0v) is 20.8. The van der Waals surface area contributed by atoms with Gasteiger partial charge in [0.1, 0.15) is 11.4 Å². The van der Waals surface area contributed by atoms with Crippen molar-refractivity contribution in [2.45, 2.75) is 97.3 Å². The van der Waals surface area contributed by atoms with E-state index in [0.29, 0.717) is 0 Å². The summed E-state index contributed by atoms with van der Waals surface area (Å²) in [5.41, 5.74) is 0.828. The highest BCUT2D eigenvalue weighted by Gasteiger charge is 2.09. The number of unbranched alkanes of at least 4 members (excludes halogenated alkanes) is 9. The summed E-state index contributed by atoms with van der Waals surface area (Å²) in [4.78, 5) is 9.51. The zero-order chi connectivity index (χ0) is 23.6. The maximum absolute atomic E-state index is 10.7. The second-order valence-corrected chi connectivity index (χ2v) is 9.29. The number of aryl methyl sites for hydroxylation is 1. The van der Waals surface area contributed by atoms with E-state index in [-0.39, 0.29) is 11.5 Å². The zero-order valence-electron chi connectivity index (χ0n) is 19.2. The fourth-order valence-electron chi connectivity index (χ4n) is 3.45. The smallest absolute Gasteiger partial charge is 0.505 e. The summed E-state index contributed by atoms with van der Waals surface area (Å²) in [6.07, 6.45) is 15.8. The maximum atomic E-state index is 10.7. The van der Waals surface area contributed by atoms with Crippen molar-refractivity contribution in [3.05, 3.63) is 23.8 Å². The molecule has 32 heavy (non-hydrogen) atoms. The molecule has 0 spiro atoms. The molecule has 1 aromatic carbocycles. The molecule has 0 fully saturated rings. The fraction of sp³-hybridized carbons (Fsp3) is 0.727. The van der Waals surface area contributed by atoms with Gasteiger partial charge in [0, 0.05) is 6.07 Å². The quantitative estimate of drug-likeness (QED) is 0.0795. The van der Waals surface area contributed by atoms with Crippen LogP contribution in [-0.2, 0) is 37.8 Å². The first-order valence-corrected chi connectivity index (χ1v) is 13.5. The van der Waals surface area contributed by atoms with Gasteiger partial charge in [0.15, 0.2) is 11.5 Å². The Bertz CT molecular complexity index is 635. The summed E-state index contributed by atoms with van der Waals surface area (Å²) in [6, 6.07) is 4.61. The van der Waals surface area contributed by atoms with Crippen LogP contribution < -0.4 is 9.78 Å². The minimum Gasteiger partial charge on any atom is -0.747 e. The van der Waals surface area contributed by atoms with Crippen molar-refractivity contribution in [3.8, 4) is 11.5 Å². The molecule has 0 aliphatic rings. The Balaban J connectivity index is 2.22. The SMILES string of the molecule is CCC(C)CCCCCCCCCCCCc1cc(OOS(=O)[O-])cc(OOS(=O)[OH2+])c1. The van der Waals surface area contributed by atoms with Crippen LogP contribution in [0.2, 0.25) is 0 Å². The van der Waals surface area contributed by atoms with E-state index < -0.39 is 22.7 Å². The van der Waals surface area contributed by atoms with E-state index in [1.807, 2.05) is 0 Å². The molecule has 1 aromatic rings. The van der Waals surface area contributed by atoms with Crippen LogP contribution in [0.3, 0.4) is 0 Å². The van der Waals surface area contributed by atoms with Gasteiger partial charge in [-0.2, -0.15) is 0 Å². The standard InChI is InChI=1S/C22H38O8S2/c1-3-19(2)14-12-10-8-6-4-5-7-9-11-13-15-20-16-21(27-29-31(23)24)18-22(17-20)28-30-32(25)26/h16-19H,3-15H2,1-2H3,(H,23,24)(H,25,26). The Morgan fingerprint density at radius 1 is 0.844 bits per heavy atom. The lowest BCUT2D eigenvalue weighted by Crippen LogP contribution is -2.03. The van der Waals surface area contributed by atoms with Crippen LogP contribution in [0, 0.1) is 5.92 Å². The van der Waals surface area contributed by atoms with Gasteiger partial charge in [-0.05, 0) is 40.8 Å². The third-order valence-corrected chi connectivity index (χ3v) is 5.80. The van der Waals surface area contributed by atoms with Gasteiger partial charge >= 0.3 is 11.4 Å².